The molecule has 0 aliphatic carbocycles. The highest BCUT2D eigenvalue weighted by molar-refractivity contribution is 5.95. The number of carbonyl (C=O) groups excluding carboxylic acids is 2. The molecule has 4 rings (SSSR count). The van der Waals surface area contributed by atoms with E-state index in [1.807, 2.05) is 60.7 Å². The SMILES string of the molecule is O=C(CCCn1nnc(-c2ccccc2)n1)Nc1ccc(C(=O)NCc2ccccc2)cc1. The summed E-state index contributed by atoms with van der Waals surface area (Å²) in [6, 6.07) is 26.2. The zero-order chi connectivity index (χ0) is 22.9. The van der Waals surface area contributed by atoms with Gasteiger partial charge in [-0.1, -0.05) is 60.7 Å². The second-order valence-electron chi connectivity index (χ2n) is 7.47. The highest BCUT2D eigenvalue weighted by atomic mass is 16.2. The van der Waals surface area contributed by atoms with Gasteiger partial charge in [0.15, 0.2) is 0 Å². The largest absolute Gasteiger partial charge is 0.348 e. The van der Waals surface area contributed by atoms with Crippen LogP contribution in [-0.2, 0) is 17.9 Å². The van der Waals surface area contributed by atoms with E-state index in [1.54, 1.807) is 24.3 Å². The molecule has 4 aromatic rings. The standard InChI is InChI=1S/C25H24N6O2/c32-23(12-7-17-31-29-24(28-30-31)20-10-5-2-6-11-20)27-22-15-13-21(14-16-22)25(33)26-18-19-8-3-1-4-9-19/h1-6,8-11,13-16H,7,12,17-18H2,(H,26,33)(H,27,32). The third-order valence-corrected chi connectivity index (χ3v) is 4.97. The first-order valence-electron chi connectivity index (χ1n) is 10.7. The quantitative estimate of drug-likeness (QED) is 0.413. The van der Waals surface area contributed by atoms with E-state index in [1.165, 1.54) is 4.80 Å². The molecule has 8 nitrogen and oxygen atoms in total. The molecular formula is C25H24N6O2. The van der Waals surface area contributed by atoms with E-state index in [4.69, 9.17) is 0 Å². The van der Waals surface area contributed by atoms with Crippen LogP contribution in [0.15, 0.2) is 84.9 Å². The monoisotopic (exact) mass is 440 g/mol. The maximum absolute atomic E-state index is 12.3. The average Bonchev–Trinajstić information content (AvgIpc) is 3.33. The van der Waals surface area contributed by atoms with Gasteiger partial charge in [0.05, 0.1) is 6.54 Å². The molecule has 0 aliphatic rings. The number of rotatable bonds is 9. The second-order valence-corrected chi connectivity index (χ2v) is 7.47. The van der Waals surface area contributed by atoms with Gasteiger partial charge in [-0.25, -0.2) is 0 Å². The number of tetrazole rings is 1. The van der Waals surface area contributed by atoms with Crippen molar-refractivity contribution >= 4 is 17.5 Å². The molecule has 2 amide bonds. The average molecular weight is 441 g/mol. The van der Waals surface area contributed by atoms with Gasteiger partial charge < -0.3 is 10.6 Å². The highest BCUT2D eigenvalue weighted by Gasteiger charge is 2.08. The second kappa shape index (κ2) is 10.8. The molecule has 0 spiro atoms. The van der Waals surface area contributed by atoms with Gasteiger partial charge in [-0.05, 0) is 41.5 Å². The number of nitrogens with zero attached hydrogens (tertiary/aromatic N) is 4. The molecule has 33 heavy (non-hydrogen) atoms. The van der Waals surface area contributed by atoms with Crippen LogP contribution < -0.4 is 10.6 Å². The van der Waals surface area contributed by atoms with Crippen LogP contribution in [0.2, 0.25) is 0 Å². The Bertz CT molecular complexity index is 1190. The lowest BCUT2D eigenvalue weighted by Crippen LogP contribution is -2.22. The first-order valence-corrected chi connectivity index (χ1v) is 10.7. The first-order chi connectivity index (χ1) is 16.2. The third-order valence-electron chi connectivity index (χ3n) is 4.97. The lowest BCUT2D eigenvalue weighted by molar-refractivity contribution is -0.116. The molecule has 0 aliphatic heterocycles. The summed E-state index contributed by atoms with van der Waals surface area (Å²) in [6.45, 7) is 0.958. The lowest BCUT2D eigenvalue weighted by atomic mass is 10.1. The Labute approximate surface area is 191 Å². The Balaban J connectivity index is 1.20. The Hall–Kier alpha value is -4.33. The van der Waals surface area contributed by atoms with Crippen molar-refractivity contribution in [1.29, 1.82) is 0 Å². The number of hydrogen-bond donors (Lipinski definition) is 2. The summed E-state index contributed by atoms with van der Waals surface area (Å²) < 4.78 is 0. The molecule has 8 heteroatoms. The van der Waals surface area contributed by atoms with Crippen LogP contribution in [0, 0.1) is 0 Å². The lowest BCUT2D eigenvalue weighted by Gasteiger charge is -2.08. The van der Waals surface area contributed by atoms with Gasteiger partial charge in [0.1, 0.15) is 0 Å². The maximum atomic E-state index is 12.3. The maximum Gasteiger partial charge on any atom is 0.251 e. The van der Waals surface area contributed by atoms with Crippen molar-refractivity contribution in [3.8, 4) is 11.4 Å². The van der Waals surface area contributed by atoms with Gasteiger partial charge in [0, 0.05) is 29.8 Å². The van der Waals surface area contributed by atoms with Crippen LogP contribution >= 0.6 is 0 Å². The van der Waals surface area contributed by atoms with Crippen LogP contribution in [0.4, 0.5) is 5.69 Å². The molecule has 0 unspecified atom stereocenters. The molecule has 3 aromatic carbocycles. The summed E-state index contributed by atoms with van der Waals surface area (Å²) in [7, 11) is 0. The number of benzene rings is 3. The van der Waals surface area contributed by atoms with Crippen molar-refractivity contribution in [2.45, 2.75) is 25.9 Å². The van der Waals surface area contributed by atoms with Gasteiger partial charge in [-0.3, -0.25) is 9.59 Å². The van der Waals surface area contributed by atoms with Crippen molar-refractivity contribution in [2.75, 3.05) is 5.32 Å². The molecule has 0 bridgehead atoms. The summed E-state index contributed by atoms with van der Waals surface area (Å²) in [6.07, 6.45) is 0.901. The molecule has 2 N–H and O–H groups in total. The van der Waals surface area contributed by atoms with Crippen molar-refractivity contribution < 1.29 is 9.59 Å². The van der Waals surface area contributed by atoms with Gasteiger partial charge >= 0.3 is 0 Å². The van der Waals surface area contributed by atoms with E-state index in [2.05, 4.69) is 26.0 Å². The molecule has 0 saturated carbocycles. The van der Waals surface area contributed by atoms with Gasteiger partial charge in [-0.15, -0.1) is 10.2 Å². The van der Waals surface area contributed by atoms with Crippen LogP contribution in [0.3, 0.4) is 0 Å². The number of aryl methyl sites for hydroxylation is 1. The van der Waals surface area contributed by atoms with Gasteiger partial charge in [-0.2, -0.15) is 4.80 Å². The third kappa shape index (κ3) is 6.33. The smallest absolute Gasteiger partial charge is 0.251 e. The number of nitrogens with one attached hydrogen (secondary N) is 2. The minimum atomic E-state index is -0.160. The predicted molar refractivity (Wildman–Crippen MR) is 125 cm³/mol. The Morgan fingerprint density at radius 3 is 2.27 bits per heavy atom. The number of hydrogen-bond acceptors (Lipinski definition) is 5. The summed E-state index contributed by atoms with van der Waals surface area (Å²) in [5.74, 6) is 0.291. The summed E-state index contributed by atoms with van der Waals surface area (Å²) in [5.41, 5.74) is 3.12. The van der Waals surface area contributed by atoms with Crippen molar-refractivity contribution in [3.05, 3.63) is 96.1 Å². The van der Waals surface area contributed by atoms with Crippen molar-refractivity contribution in [2.24, 2.45) is 0 Å². The van der Waals surface area contributed by atoms with E-state index in [9.17, 15) is 9.59 Å². The zero-order valence-corrected chi connectivity index (χ0v) is 18.0. The van der Waals surface area contributed by atoms with E-state index in [0.717, 1.165) is 11.1 Å². The number of carbonyl (C=O) groups is 2. The van der Waals surface area contributed by atoms with E-state index >= 15 is 0 Å². The number of amides is 2. The molecule has 0 radical (unpaired) electrons. The van der Waals surface area contributed by atoms with Crippen LogP contribution in [0.1, 0.15) is 28.8 Å². The molecule has 0 saturated heterocycles. The van der Waals surface area contributed by atoms with Crippen molar-refractivity contribution in [1.82, 2.24) is 25.5 Å². The van der Waals surface area contributed by atoms with Crippen LogP contribution in [0.25, 0.3) is 11.4 Å². The Morgan fingerprint density at radius 1 is 0.848 bits per heavy atom. The van der Waals surface area contributed by atoms with Crippen molar-refractivity contribution in [3.63, 3.8) is 0 Å². The van der Waals surface area contributed by atoms with Crippen LogP contribution in [0.5, 0.6) is 0 Å². The minimum Gasteiger partial charge on any atom is -0.348 e. The fraction of sp³-hybridized carbons (Fsp3) is 0.160. The van der Waals surface area contributed by atoms with Crippen LogP contribution in [-0.4, -0.2) is 32.0 Å². The number of aromatic nitrogens is 4. The predicted octanol–water partition coefficient (Wildman–Crippen LogP) is 3.69. The highest BCUT2D eigenvalue weighted by Crippen LogP contribution is 2.13. The van der Waals surface area contributed by atoms with Gasteiger partial charge in [0.25, 0.3) is 5.91 Å². The molecule has 0 atom stereocenters. The minimum absolute atomic E-state index is 0.111. The topological polar surface area (TPSA) is 102 Å². The fourth-order valence-corrected chi connectivity index (χ4v) is 3.23. The molecule has 166 valence electrons. The fourth-order valence-electron chi connectivity index (χ4n) is 3.23. The van der Waals surface area contributed by atoms with E-state index < -0.39 is 0 Å². The zero-order valence-electron chi connectivity index (χ0n) is 18.0. The van der Waals surface area contributed by atoms with E-state index in [-0.39, 0.29) is 11.8 Å². The van der Waals surface area contributed by atoms with Gasteiger partial charge in [0.2, 0.25) is 11.7 Å². The molecule has 1 heterocycles. The Kier molecular flexibility index (Phi) is 7.17. The summed E-state index contributed by atoms with van der Waals surface area (Å²) >= 11 is 0. The van der Waals surface area contributed by atoms with E-state index in [0.29, 0.717) is 43.0 Å². The number of anilines is 1. The molecule has 1 aromatic heterocycles. The Morgan fingerprint density at radius 2 is 1.55 bits per heavy atom. The normalized spacial score (nSPS) is 10.5. The first kappa shape index (κ1) is 21.9. The summed E-state index contributed by atoms with van der Waals surface area (Å²) in [4.78, 5) is 26.1. The molecule has 0 fully saturated rings. The molecular weight excluding hydrogens is 416 g/mol. The summed E-state index contributed by atoms with van der Waals surface area (Å²) in [5, 5.41) is 18.2.